The van der Waals surface area contributed by atoms with Crippen LogP contribution in [-0.2, 0) is 6.61 Å². The van der Waals surface area contributed by atoms with Crippen molar-refractivity contribution in [2.45, 2.75) is 30.9 Å². The number of thioether (sulfide) groups is 1. The molecule has 1 atom stereocenters. The highest BCUT2D eigenvalue weighted by atomic mass is 35.5. The average molecular weight is 418 g/mol. The number of carbonyl (C=O) groups is 1. The summed E-state index contributed by atoms with van der Waals surface area (Å²) in [6.45, 7) is 4.00. The minimum absolute atomic E-state index is 0.00638. The second-order valence-corrected chi connectivity index (χ2v) is 7.83. The van der Waals surface area contributed by atoms with Gasteiger partial charge >= 0.3 is 0 Å². The second-order valence-electron chi connectivity index (χ2n) is 6.12. The number of rotatable bonds is 8. The molecule has 0 radical (unpaired) electrons. The number of methoxy groups -OCH3 is 1. The van der Waals surface area contributed by atoms with Gasteiger partial charge in [-0.2, -0.15) is 0 Å². The zero-order valence-corrected chi connectivity index (χ0v) is 17.3. The summed E-state index contributed by atoms with van der Waals surface area (Å²) in [6, 6.07) is 12.5. The SMILES string of the molecule is COc1ccc(C(=O)[C@@H](C)Sc2n[nH]c(COc3ccc(Cl)c(C)c3)n2)cc1. The Hall–Kier alpha value is -2.51. The summed E-state index contributed by atoms with van der Waals surface area (Å²) >= 11 is 7.31. The highest BCUT2D eigenvalue weighted by molar-refractivity contribution is 8.00. The van der Waals surface area contributed by atoms with E-state index in [1.165, 1.54) is 11.8 Å². The summed E-state index contributed by atoms with van der Waals surface area (Å²) in [5.74, 6) is 2.01. The molecule has 1 heterocycles. The van der Waals surface area contributed by atoms with E-state index in [-0.39, 0.29) is 17.6 Å². The van der Waals surface area contributed by atoms with Gasteiger partial charge in [0.25, 0.3) is 0 Å². The summed E-state index contributed by atoms with van der Waals surface area (Å²) in [4.78, 5) is 16.9. The first-order chi connectivity index (χ1) is 13.5. The molecule has 0 aliphatic rings. The van der Waals surface area contributed by atoms with E-state index >= 15 is 0 Å². The Labute approximate surface area is 172 Å². The molecule has 0 saturated carbocycles. The van der Waals surface area contributed by atoms with Gasteiger partial charge in [0.2, 0.25) is 5.16 Å². The van der Waals surface area contributed by atoms with E-state index in [9.17, 15) is 4.79 Å². The third kappa shape index (κ3) is 5.05. The Kier molecular flexibility index (Phi) is 6.59. The number of aromatic nitrogens is 3. The van der Waals surface area contributed by atoms with Crippen LogP contribution in [0.25, 0.3) is 0 Å². The van der Waals surface area contributed by atoms with Gasteiger partial charge in [0, 0.05) is 10.6 Å². The van der Waals surface area contributed by atoms with Crippen molar-refractivity contribution in [3.05, 3.63) is 64.4 Å². The molecule has 2 aromatic carbocycles. The molecule has 8 heteroatoms. The molecule has 0 fully saturated rings. The minimum Gasteiger partial charge on any atom is -0.497 e. The molecule has 6 nitrogen and oxygen atoms in total. The summed E-state index contributed by atoms with van der Waals surface area (Å²) in [6.07, 6.45) is 0. The molecular weight excluding hydrogens is 398 g/mol. The maximum absolute atomic E-state index is 12.6. The number of ether oxygens (including phenoxy) is 2. The first-order valence-corrected chi connectivity index (χ1v) is 9.87. The van der Waals surface area contributed by atoms with Crippen LogP contribution in [0.5, 0.6) is 11.5 Å². The van der Waals surface area contributed by atoms with Crippen LogP contribution in [0.3, 0.4) is 0 Å². The van der Waals surface area contributed by atoms with E-state index in [2.05, 4.69) is 15.2 Å². The van der Waals surface area contributed by atoms with Crippen LogP contribution >= 0.6 is 23.4 Å². The van der Waals surface area contributed by atoms with Crippen LogP contribution in [-0.4, -0.2) is 33.3 Å². The van der Waals surface area contributed by atoms with Gasteiger partial charge in [-0.25, -0.2) is 4.98 Å². The Balaban J connectivity index is 1.57. The maximum Gasteiger partial charge on any atom is 0.209 e. The number of halogens is 1. The summed E-state index contributed by atoms with van der Waals surface area (Å²) in [5, 5.41) is 7.87. The zero-order valence-electron chi connectivity index (χ0n) is 15.7. The monoisotopic (exact) mass is 417 g/mol. The minimum atomic E-state index is -0.322. The van der Waals surface area contributed by atoms with Crippen LogP contribution in [0.2, 0.25) is 5.02 Å². The number of aryl methyl sites for hydroxylation is 1. The smallest absolute Gasteiger partial charge is 0.209 e. The van der Waals surface area contributed by atoms with Crippen molar-refractivity contribution in [2.75, 3.05) is 7.11 Å². The molecule has 3 rings (SSSR count). The van der Waals surface area contributed by atoms with Crippen molar-refractivity contribution in [2.24, 2.45) is 0 Å². The van der Waals surface area contributed by atoms with Gasteiger partial charge in [-0.3, -0.25) is 9.89 Å². The second kappa shape index (κ2) is 9.12. The van der Waals surface area contributed by atoms with Crippen molar-refractivity contribution in [3.8, 4) is 11.5 Å². The van der Waals surface area contributed by atoms with Crippen LogP contribution in [0.1, 0.15) is 28.7 Å². The predicted octanol–water partition coefficient (Wildman–Crippen LogP) is 4.72. The van der Waals surface area contributed by atoms with E-state index in [0.717, 1.165) is 5.56 Å². The highest BCUT2D eigenvalue weighted by Crippen LogP contribution is 2.24. The van der Waals surface area contributed by atoms with Gasteiger partial charge in [-0.1, -0.05) is 23.4 Å². The van der Waals surface area contributed by atoms with Crippen LogP contribution in [0, 0.1) is 6.92 Å². The molecule has 0 bridgehead atoms. The number of hydrogen-bond acceptors (Lipinski definition) is 6. The Morgan fingerprint density at radius 3 is 2.61 bits per heavy atom. The highest BCUT2D eigenvalue weighted by Gasteiger charge is 2.19. The number of ketones is 1. The molecular formula is C20H20ClN3O3S. The van der Waals surface area contributed by atoms with Crippen molar-refractivity contribution in [3.63, 3.8) is 0 Å². The van der Waals surface area contributed by atoms with Gasteiger partial charge < -0.3 is 9.47 Å². The van der Waals surface area contributed by atoms with E-state index < -0.39 is 0 Å². The zero-order chi connectivity index (χ0) is 20.1. The van der Waals surface area contributed by atoms with E-state index in [0.29, 0.717) is 33.1 Å². The number of H-pyrrole nitrogens is 1. The van der Waals surface area contributed by atoms with E-state index in [1.807, 2.05) is 19.9 Å². The molecule has 3 aromatic rings. The lowest BCUT2D eigenvalue weighted by Crippen LogP contribution is -2.13. The molecule has 146 valence electrons. The number of nitrogens with zero attached hydrogens (tertiary/aromatic N) is 2. The topological polar surface area (TPSA) is 77.1 Å². The molecule has 0 spiro atoms. The molecule has 0 amide bonds. The first-order valence-electron chi connectivity index (χ1n) is 8.61. The van der Waals surface area contributed by atoms with Crippen LogP contribution in [0.15, 0.2) is 47.6 Å². The van der Waals surface area contributed by atoms with Crippen molar-refractivity contribution in [1.29, 1.82) is 0 Å². The van der Waals surface area contributed by atoms with Gasteiger partial charge in [-0.15, -0.1) is 5.10 Å². The quantitative estimate of drug-likeness (QED) is 0.422. The van der Waals surface area contributed by atoms with Crippen molar-refractivity contribution >= 4 is 29.1 Å². The van der Waals surface area contributed by atoms with Crippen molar-refractivity contribution < 1.29 is 14.3 Å². The predicted molar refractivity (Wildman–Crippen MR) is 110 cm³/mol. The van der Waals surface area contributed by atoms with Crippen LogP contribution < -0.4 is 9.47 Å². The maximum atomic E-state index is 12.6. The lowest BCUT2D eigenvalue weighted by atomic mass is 10.1. The number of nitrogens with one attached hydrogen (secondary N) is 1. The summed E-state index contributed by atoms with van der Waals surface area (Å²) in [7, 11) is 1.59. The molecule has 1 aromatic heterocycles. The number of Topliss-reactive ketones (excluding diaryl/α,β-unsaturated/α-hetero) is 1. The normalized spacial score (nSPS) is 11.9. The van der Waals surface area contributed by atoms with Gasteiger partial charge in [0.05, 0.1) is 12.4 Å². The lowest BCUT2D eigenvalue weighted by molar-refractivity contribution is 0.0994. The third-order valence-corrected chi connectivity index (χ3v) is 5.43. The standard InChI is InChI=1S/C20H20ClN3O3S/c1-12-10-16(8-9-17(12)21)27-11-18-22-20(24-23-18)28-13(2)19(25)14-4-6-15(26-3)7-5-14/h4-10,13H,11H2,1-3H3,(H,22,23,24)/t13-/m1/s1. The molecule has 0 aliphatic heterocycles. The molecule has 0 unspecified atom stereocenters. The number of aromatic amines is 1. The summed E-state index contributed by atoms with van der Waals surface area (Å²) < 4.78 is 10.8. The molecule has 28 heavy (non-hydrogen) atoms. The molecule has 0 aliphatic carbocycles. The Morgan fingerprint density at radius 1 is 1.21 bits per heavy atom. The fraction of sp³-hybridized carbons (Fsp3) is 0.250. The lowest BCUT2D eigenvalue weighted by Gasteiger charge is -2.08. The molecule has 0 saturated heterocycles. The number of benzene rings is 2. The fourth-order valence-corrected chi connectivity index (χ4v) is 3.39. The molecule has 1 N–H and O–H groups in total. The van der Waals surface area contributed by atoms with Gasteiger partial charge in [-0.05, 0) is 61.9 Å². The third-order valence-electron chi connectivity index (χ3n) is 4.04. The largest absolute Gasteiger partial charge is 0.497 e. The van der Waals surface area contributed by atoms with Gasteiger partial charge in [0.15, 0.2) is 11.6 Å². The number of carbonyl (C=O) groups excluding carboxylic acids is 1. The summed E-state index contributed by atoms with van der Waals surface area (Å²) in [5.41, 5.74) is 1.57. The number of hydrogen-bond donors (Lipinski definition) is 1. The van der Waals surface area contributed by atoms with Gasteiger partial charge in [0.1, 0.15) is 18.1 Å². The fourth-order valence-electron chi connectivity index (χ4n) is 2.46. The van der Waals surface area contributed by atoms with E-state index in [4.69, 9.17) is 21.1 Å². The Bertz CT molecular complexity index is 960. The first kappa shape index (κ1) is 20.2. The van der Waals surface area contributed by atoms with E-state index in [1.54, 1.807) is 43.5 Å². The Morgan fingerprint density at radius 2 is 1.93 bits per heavy atom. The average Bonchev–Trinajstić information content (AvgIpc) is 3.15. The van der Waals surface area contributed by atoms with Crippen molar-refractivity contribution in [1.82, 2.24) is 15.2 Å². The van der Waals surface area contributed by atoms with Crippen LogP contribution in [0.4, 0.5) is 0 Å².